The number of hydrogen-bond acceptors (Lipinski definition) is 3. The van der Waals surface area contributed by atoms with E-state index in [4.69, 9.17) is 12.2 Å². The quantitative estimate of drug-likeness (QED) is 0.619. The van der Waals surface area contributed by atoms with E-state index in [-0.39, 0.29) is 11.9 Å². The van der Waals surface area contributed by atoms with Crippen LogP contribution in [0.3, 0.4) is 0 Å². The van der Waals surface area contributed by atoms with E-state index in [0.717, 1.165) is 25.9 Å². The number of likely N-dealkylation sites (tertiary alicyclic amines) is 1. The van der Waals surface area contributed by atoms with Crippen LogP contribution in [-0.4, -0.2) is 43.0 Å². The molecule has 15 heavy (non-hydrogen) atoms. The lowest BCUT2D eigenvalue weighted by Gasteiger charge is -2.30. The summed E-state index contributed by atoms with van der Waals surface area (Å²) in [6.07, 6.45) is 7.39. The van der Waals surface area contributed by atoms with Crippen molar-refractivity contribution in [3.63, 3.8) is 0 Å². The lowest BCUT2D eigenvalue weighted by molar-refractivity contribution is -0.123. The van der Waals surface area contributed by atoms with Gasteiger partial charge >= 0.3 is 0 Å². The highest BCUT2D eigenvalue weighted by Gasteiger charge is 2.20. The van der Waals surface area contributed by atoms with Crippen LogP contribution < -0.4 is 11.1 Å². The SMILES string of the molecule is C#CCC(N)C(=O)NC1CCN(C)CC1. The highest BCUT2D eigenvalue weighted by molar-refractivity contribution is 5.82. The van der Waals surface area contributed by atoms with Crippen LogP contribution in [0.2, 0.25) is 0 Å². The topological polar surface area (TPSA) is 58.4 Å². The third-order valence-corrected chi connectivity index (χ3v) is 2.74. The second kappa shape index (κ2) is 5.74. The van der Waals surface area contributed by atoms with Gasteiger partial charge < -0.3 is 16.0 Å². The third-order valence-electron chi connectivity index (χ3n) is 2.74. The number of terminal acetylenes is 1. The monoisotopic (exact) mass is 209 g/mol. The van der Waals surface area contributed by atoms with Crippen molar-refractivity contribution in [2.75, 3.05) is 20.1 Å². The highest BCUT2D eigenvalue weighted by Crippen LogP contribution is 2.08. The molecule has 1 rings (SSSR count). The van der Waals surface area contributed by atoms with Crippen molar-refractivity contribution >= 4 is 5.91 Å². The lowest BCUT2D eigenvalue weighted by atomic mass is 10.0. The van der Waals surface area contributed by atoms with Crippen LogP contribution in [0.15, 0.2) is 0 Å². The number of nitrogens with zero attached hydrogens (tertiary/aromatic N) is 1. The number of piperidine rings is 1. The molecule has 0 aromatic carbocycles. The first-order valence-electron chi connectivity index (χ1n) is 5.31. The molecule has 0 bridgehead atoms. The molecule has 0 spiro atoms. The molecule has 0 aromatic rings. The molecule has 84 valence electrons. The maximum Gasteiger partial charge on any atom is 0.238 e. The van der Waals surface area contributed by atoms with Crippen molar-refractivity contribution in [1.29, 1.82) is 0 Å². The zero-order valence-electron chi connectivity index (χ0n) is 9.20. The van der Waals surface area contributed by atoms with Crippen LogP contribution in [0, 0.1) is 12.3 Å². The highest BCUT2D eigenvalue weighted by atomic mass is 16.2. The average Bonchev–Trinajstić information content (AvgIpc) is 2.22. The van der Waals surface area contributed by atoms with E-state index >= 15 is 0 Å². The molecule has 1 aliphatic heterocycles. The number of nitrogens with one attached hydrogen (secondary N) is 1. The number of nitrogens with two attached hydrogens (primary N) is 1. The first kappa shape index (κ1) is 12.0. The molecule has 1 saturated heterocycles. The molecular weight excluding hydrogens is 190 g/mol. The summed E-state index contributed by atoms with van der Waals surface area (Å²) in [4.78, 5) is 13.8. The van der Waals surface area contributed by atoms with Crippen molar-refractivity contribution < 1.29 is 4.79 Å². The number of carbonyl (C=O) groups excluding carboxylic acids is 1. The van der Waals surface area contributed by atoms with Gasteiger partial charge in [0.1, 0.15) is 0 Å². The number of amides is 1. The Morgan fingerprint density at radius 2 is 2.27 bits per heavy atom. The van der Waals surface area contributed by atoms with E-state index in [2.05, 4.69) is 23.2 Å². The number of rotatable bonds is 3. The molecule has 1 atom stereocenters. The van der Waals surface area contributed by atoms with Gasteiger partial charge in [-0.3, -0.25) is 4.79 Å². The molecule has 0 aromatic heterocycles. The van der Waals surface area contributed by atoms with Crippen LogP contribution >= 0.6 is 0 Å². The molecule has 4 heteroatoms. The van der Waals surface area contributed by atoms with E-state index in [1.165, 1.54) is 0 Å². The maximum atomic E-state index is 11.5. The van der Waals surface area contributed by atoms with Crippen molar-refractivity contribution in [1.82, 2.24) is 10.2 Å². The first-order chi connectivity index (χ1) is 7.13. The predicted octanol–water partition coefficient (Wildman–Crippen LogP) is -0.453. The standard InChI is InChI=1S/C11H19N3O/c1-3-4-10(12)11(15)13-9-5-7-14(2)8-6-9/h1,9-10H,4-8,12H2,2H3,(H,13,15). The van der Waals surface area contributed by atoms with E-state index in [1.807, 2.05) is 0 Å². The smallest absolute Gasteiger partial charge is 0.238 e. The second-order valence-corrected chi connectivity index (χ2v) is 4.10. The van der Waals surface area contributed by atoms with Gasteiger partial charge in [-0.1, -0.05) is 0 Å². The van der Waals surface area contributed by atoms with Crippen molar-refractivity contribution in [2.24, 2.45) is 5.73 Å². The molecule has 0 aliphatic carbocycles. The Kier molecular flexibility index (Phi) is 4.60. The van der Waals surface area contributed by atoms with Crippen molar-refractivity contribution in [3.05, 3.63) is 0 Å². The molecule has 4 nitrogen and oxygen atoms in total. The van der Waals surface area contributed by atoms with Crippen LogP contribution in [0.1, 0.15) is 19.3 Å². The Labute approximate surface area is 91.2 Å². The molecule has 0 radical (unpaired) electrons. The van der Waals surface area contributed by atoms with Gasteiger partial charge in [-0.15, -0.1) is 12.3 Å². The Balaban J connectivity index is 2.29. The molecule has 3 N–H and O–H groups in total. The molecular formula is C11H19N3O. The molecule has 1 amide bonds. The van der Waals surface area contributed by atoms with Crippen molar-refractivity contribution in [3.8, 4) is 12.3 Å². The summed E-state index contributed by atoms with van der Waals surface area (Å²) in [5.74, 6) is 2.28. The Hall–Kier alpha value is -1.05. The summed E-state index contributed by atoms with van der Waals surface area (Å²) in [5, 5.41) is 2.94. The Bertz CT molecular complexity index is 251. The first-order valence-corrected chi connectivity index (χ1v) is 5.31. The maximum absolute atomic E-state index is 11.5. The van der Waals surface area contributed by atoms with E-state index < -0.39 is 6.04 Å². The zero-order chi connectivity index (χ0) is 11.3. The lowest BCUT2D eigenvalue weighted by Crippen LogP contribution is -2.48. The van der Waals surface area contributed by atoms with Crippen LogP contribution in [0.25, 0.3) is 0 Å². The van der Waals surface area contributed by atoms with Crippen molar-refractivity contribution in [2.45, 2.75) is 31.3 Å². The molecule has 1 aliphatic rings. The van der Waals surface area contributed by atoms with Gasteiger partial charge in [-0.25, -0.2) is 0 Å². The number of hydrogen-bond donors (Lipinski definition) is 2. The van der Waals surface area contributed by atoms with Crippen LogP contribution in [0.4, 0.5) is 0 Å². The predicted molar refractivity (Wildman–Crippen MR) is 60.1 cm³/mol. The van der Waals surface area contributed by atoms with Gasteiger partial charge in [-0.05, 0) is 33.0 Å². The van der Waals surface area contributed by atoms with Gasteiger partial charge in [0.25, 0.3) is 0 Å². The fraction of sp³-hybridized carbons (Fsp3) is 0.727. The van der Waals surface area contributed by atoms with Gasteiger partial charge in [0.05, 0.1) is 6.04 Å². The van der Waals surface area contributed by atoms with Gasteiger partial charge in [-0.2, -0.15) is 0 Å². The van der Waals surface area contributed by atoms with E-state index in [0.29, 0.717) is 6.42 Å². The zero-order valence-corrected chi connectivity index (χ0v) is 9.20. The minimum absolute atomic E-state index is 0.123. The normalized spacial score (nSPS) is 20.6. The van der Waals surface area contributed by atoms with Gasteiger partial charge in [0.15, 0.2) is 0 Å². The Morgan fingerprint density at radius 1 is 1.67 bits per heavy atom. The fourth-order valence-electron chi connectivity index (χ4n) is 1.68. The second-order valence-electron chi connectivity index (χ2n) is 4.10. The largest absolute Gasteiger partial charge is 0.352 e. The van der Waals surface area contributed by atoms with Crippen LogP contribution in [-0.2, 0) is 4.79 Å². The summed E-state index contributed by atoms with van der Waals surface area (Å²) in [7, 11) is 2.09. The summed E-state index contributed by atoms with van der Waals surface area (Å²) in [5.41, 5.74) is 5.61. The molecule has 0 saturated carbocycles. The third kappa shape index (κ3) is 3.90. The van der Waals surface area contributed by atoms with Gasteiger partial charge in [0, 0.05) is 12.5 Å². The van der Waals surface area contributed by atoms with Crippen LogP contribution in [0.5, 0.6) is 0 Å². The summed E-state index contributed by atoms with van der Waals surface area (Å²) >= 11 is 0. The summed E-state index contributed by atoms with van der Waals surface area (Å²) in [6.45, 7) is 2.05. The number of carbonyl (C=O) groups is 1. The fourth-order valence-corrected chi connectivity index (χ4v) is 1.68. The minimum Gasteiger partial charge on any atom is -0.352 e. The summed E-state index contributed by atoms with van der Waals surface area (Å²) < 4.78 is 0. The molecule has 1 fully saturated rings. The minimum atomic E-state index is -0.561. The summed E-state index contributed by atoms with van der Waals surface area (Å²) in [6, 6.07) is -0.299. The van der Waals surface area contributed by atoms with E-state index in [9.17, 15) is 4.79 Å². The van der Waals surface area contributed by atoms with Gasteiger partial charge in [0.2, 0.25) is 5.91 Å². The Morgan fingerprint density at radius 3 is 2.80 bits per heavy atom. The molecule has 1 heterocycles. The van der Waals surface area contributed by atoms with E-state index in [1.54, 1.807) is 0 Å². The average molecular weight is 209 g/mol. The molecule has 1 unspecified atom stereocenters.